The van der Waals surface area contributed by atoms with Gasteiger partial charge in [0.05, 0.1) is 13.2 Å². The van der Waals surface area contributed by atoms with Crippen LogP contribution < -0.4 is 25.8 Å². The zero-order chi connectivity index (χ0) is 35.7. The van der Waals surface area contributed by atoms with E-state index in [4.69, 9.17) is 19.7 Å². The van der Waals surface area contributed by atoms with E-state index in [0.29, 0.717) is 100 Å². The molecule has 2 aromatic carbocycles. The molecule has 51 heavy (non-hydrogen) atoms. The highest BCUT2D eigenvalue weighted by atomic mass is 16.5. The molecule has 3 aliphatic heterocycles. The van der Waals surface area contributed by atoms with Crippen molar-refractivity contribution < 1.29 is 19.1 Å². The van der Waals surface area contributed by atoms with E-state index >= 15 is 0 Å². The van der Waals surface area contributed by atoms with E-state index in [-0.39, 0.29) is 18.0 Å². The zero-order valence-electron chi connectivity index (χ0n) is 29.8. The number of carbonyl (C=O) groups is 3. The smallest absolute Gasteiger partial charge is 0.323 e. The molecule has 3 aromatic rings. The number of benzene rings is 2. The summed E-state index contributed by atoms with van der Waals surface area (Å²) in [4.78, 5) is 63.4. The van der Waals surface area contributed by atoms with Crippen molar-refractivity contribution in [2.45, 2.75) is 33.2 Å². The summed E-state index contributed by atoms with van der Waals surface area (Å²) in [7, 11) is 0. The topological polar surface area (TPSA) is 151 Å². The van der Waals surface area contributed by atoms with Gasteiger partial charge in [-0.1, -0.05) is 6.92 Å². The Hall–Kier alpha value is -5.02. The van der Waals surface area contributed by atoms with Gasteiger partial charge in [0.25, 0.3) is 5.91 Å². The molecule has 3 fully saturated rings. The lowest BCUT2D eigenvalue weighted by Gasteiger charge is -2.34. The Morgan fingerprint density at radius 2 is 1.29 bits per heavy atom. The maximum absolute atomic E-state index is 12.9. The molecular weight excluding hydrogens is 650 g/mol. The van der Waals surface area contributed by atoms with Gasteiger partial charge >= 0.3 is 12.1 Å². The number of amides is 5. The summed E-state index contributed by atoms with van der Waals surface area (Å²) in [6.07, 6.45) is 0.792. The molecule has 5 amide bonds. The number of likely N-dealkylation sites (N-methyl/N-ethyl adjacent to an activating group) is 1. The average Bonchev–Trinajstić information content (AvgIpc) is 3.42. The molecule has 272 valence electrons. The summed E-state index contributed by atoms with van der Waals surface area (Å²) in [5.41, 5.74) is 2.57. The number of hydrogen-bond donors (Lipinski definition) is 3. The molecule has 0 aliphatic carbocycles. The van der Waals surface area contributed by atoms with Crippen LogP contribution in [-0.4, -0.2) is 139 Å². The molecular formula is C36H49N11O4. The number of morpholine rings is 1. The van der Waals surface area contributed by atoms with Gasteiger partial charge < -0.3 is 45.2 Å². The van der Waals surface area contributed by atoms with Crippen molar-refractivity contribution in [2.75, 3.05) is 106 Å². The van der Waals surface area contributed by atoms with Crippen molar-refractivity contribution in [3.05, 3.63) is 54.1 Å². The lowest BCUT2D eigenvalue weighted by molar-refractivity contribution is 0.0643. The van der Waals surface area contributed by atoms with Gasteiger partial charge in [0.1, 0.15) is 0 Å². The second-order valence-corrected chi connectivity index (χ2v) is 13.3. The van der Waals surface area contributed by atoms with Gasteiger partial charge in [-0.2, -0.15) is 15.0 Å². The van der Waals surface area contributed by atoms with Crippen molar-refractivity contribution >= 4 is 41.2 Å². The molecule has 0 atom stereocenters. The minimum absolute atomic E-state index is 0.00780. The van der Waals surface area contributed by atoms with E-state index in [0.717, 1.165) is 31.6 Å². The van der Waals surface area contributed by atoms with Crippen LogP contribution in [0.3, 0.4) is 0 Å². The van der Waals surface area contributed by atoms with E-state index < -0.39 is 6.03 Å². The van der Waals surface area contributed by atoms with Crippen molar-refractivity contribution in [1.29, 1.82) is 0 Å². The van der Waals surface area contributed by atoms with Crippen molar-refractivity contribution in [1.82, 2.24) is 35.0 Å². The predicted molar refractivity (Wildman–Crippen MR) is 197 cm³/mol. The van der Waals surface area contributed by atoms with Crippen LogP contribution in [0.2, 0.25) is 0 Å². The van der Waals surface area contributed by atoms with Gasteiger partial charge in [-0.3, -0.25) is 4.79 Å². The number of ether oxygens (including phenoxy) is 1. The van der Waals surface area contributed by atoms with Crippen LogP contribution in [0.1, 0.15) is 37.6 Å². The largest absolute Gasteiger partial charge is 0.378 e. The first-order chi connectivity index (χ1) is 24.7. The highest BCUT2D eigenvalue weighted by Crippen LogP contribution is 2.25. The number of carbonyl (C=O) groups excluding carboxylic acids is 3. The SMILES string of the molecule is CCN1CCN(C(=O)c2ccc(NC(=O)Nc3ccc(-c4nc(N5CCOCC5)nc(N5CCCN(C(=O)NC(C)C)CC5)n4)cc3)cc2)CC1. The number of anilines is 4. The number of aromatic nitrogens is 3. The zero-order valence-corrected chi connectivity index (χ0v) is 29.8. The molecule has 1 aromatic heterocycles. The first kappa shape index (κ1) is 35.8. The Balaban J connectivity index is 1.10. The predicted octanol–water partition coefficient (Wildman–Crippen LogP) is 3.43. The van der Waals surface area contributed by atoms with Gasteiger partial charge in [0.15, 0.2) is 5.82 Å². The van der Waals surface area contributed by atoms with E-state index in [9.17, 15) is 14.4 Å². The maximum Gasteiger partial charge on any atom is 0.323 e. The number of hydrogen-bond acceptors (Lipinski definition) is 10. The van der Waals surface area contributed by atoms with Crippen LogP contribution in [-0.2, 0) is 4.74 Å². The standard InChI is InChI=1S/C36H49N11O4/c1-4-43-16-18-44(19-17-43)32(48)28-8-12-30(13-9-28)39-35(49)38-29-10-6-27(7-11-29)31-40-33(42-34(41-31)46-22-24-51-25-23-46)45-14-5-15-47(21-20-45)36(50)37-26(2)3/h6-13,26H,4-5,14-25H2,1-3H3,(H,37,50)(H2,38,39,49). The fourth-order valence-electron chi connectivity index (χ4n) is 6.33. The van der Waals surface area contributed by atoms with Crippen molar-refractivity contribution in [2.24, 2.45) is 0 Å². The third-order valence-corrected chi connectivity index (χ3v) is 9.28. The molecule has 0 unspecified atom stereocenters. The lowest BCUT2D eigenvalue weighted by atomic mass is 10.1. The molecule has 3 saturated heterocycles. The minimum Gasteiger partial charge on any atom is -0.378 e. The van der Waals surface area contributed by atoms with Gasteiger partial charge in [-0.05, 0) is 75.3 Å². The van der Waals surface area contributed by atoms with Gasteiger partial charge in [-0.25, -0.2) is 9.59 Å². The summed E-state index contributed by atoms with van der Waals surface area (Å²) >= 11 is 0. The Labute approximate surface area is 299 Å². The average molecular weight is 700 g/mol. The summed E-state index contributed by atoms with van der Waals surface area (Å²) in [5.74, 6) is 1.69. The molecule has 4 heterocycles. The third kappa shape index (κ3) is 9.41. The molecule has 3 N–H and O–H groups in total. The first-order valence-electron chi connectivity index (χ1n) is 17.9. The normalized spacial score (nSPS) is 17.3. The number of rotatable bonds is 8. The molecule has 6 rings (SSSR count). The molecule has 0 radical (unpaired) electrons. The summed E-state index contributed by atoms with van der Waals surface area (Å²) in [6.45, 7) is 15.3. The molecule has 0 saturated carbocycles. The minimum atomic E-state index is -0.396. The number of urea groups is 2. The van der Waals surface area contributed by atoms with E-state index in [1.807, 2.05) is 47.9 Å². The molecule has 15 nitrogen and oxygen atoms in total. The van der Waals surface area contributed by atoms with Gasteiger partial charge in [0.2, 0.25) is 11.9 Å². The Morgan fingerprint density at radius 3 is 1.90 bits per heavy atom. The second kappa shape index (κ2) is 16.8. The highest BCUT2D eigenvalue weighted by Gasteiger charge is 2.25. The molecule has 15 heteroatoms. The third-order valence-electron chi connectivity index (χ3n) is 9.28. The van der Waals surface area contributed by atoms with E-state index in [2.05, 4.69) is 37.6 Å². The lowest BCUT2D eigenvalue weighted by Crippen LogP contribution is -2.48. The summed E-state index contributed by atoms with van der Waals surface area (Å²) < 4.78 is 5.56. The van der Waals surface area contributed by atoms with Crippen LogP contribution >= 0.6 is 0 Å². The molecule has 0 spiro atoms. The van der Waals surface area contributed by atoms with Crippen LogP contribution in [0.25, 0.3) is 11.4 Å². The summed E-state index contributed by atoms with van der Waals surface area (Å²) in [5, 5.41) is 8.71. The Bertz CT molecular complexity index is 1640. The second-order valence-electron chi connectivity index (χ2n) is 13.3. The monoisotopic (exact) mass is 699 g/mol. The Morgan fingerprint density at radius 1 is 0.706 bits per heavy atom. The van der Waals surface area contributed by atoms with Crippen molar-refractivity contribution in [3.63, 3.8) is 0 Å². The summed E-state index contributed by atoms with van der Waals surface area (Å²) in [6, 6.07) is 14.0. The highest BCUT2D eigenvalue weighted by molar-refractivity contribution is 6.00. The van der Waals surface area contributed by atoms with Gasteiger partial charge in [-0.15, -0.1) is 0 Å². The fourth-order valence-corrected chi connectivity index (χ4v) is 6.33. The quantitative estimate of drug-likeness (QED) is 0.319. The number of nitrogens with zero attached hydrogens (tertiary/aromatic N) is 8. The molecule has 0 bridgehead atoms. The fraction of sp³-hybridized carbons (Fsp3) is 0.500. The maximum atomic E-state index is 12.9. The number of piperazine rings is 1. The van der Waals surface area contributed by atoms with Crippen LogP contribution in [0.4, 0.5) is 32.9 Å². The van der Waals surface area contributed by atoms with Crippen LogP contribution in [0.15, 0.2) is 48.5 Å². The number of nitrogens with one attached hydrogen (secondary N) is 3. The van der Waals surface area contributed by atoms with Crippen LogP contribution in [0.5, 0.6) is 0 Å². The Kier molecular flexibility index (Phi) is 11.8. The van der Waals surface area contributed by atoms with E-state index in [1.165, 1.54) is 0 Å². The van der Waals surface area contributed by atoms with Crippen LogP contribution in [0, 0.1) is 0 Å². The van der Waals surface area contributed by atoms with E-state index in [1.54, 1.807) is 24.3 Å². The van der Waals surface area contributed by atoms with Crippen molar-refractivity contribution in [3.8, 4) is 11.4 Å². The first-order valence-corrected chi connectivity index (χ1v) is 17.9. The van der Waals surface area contributed by atoms with Gasteiger partial charge in [0, 0.05) is 94.0 Å². The molecule has 3 aliphatic rings.